The molecule has 3 nitrogen and oxygen atoms in total. The van der Waals surface area contributed by atoms with Crippen molar-refractivity contribution in [1.82, 2.24) is 0 Å². The van der Waals surface area contributed by atoms with Crippen LogP contribution in [0.25, 0.3) is 0 Å². The van der Waals surface area contributed by atoms with Crippen LogP contribution in [-0.4, -0.2) is 28.4 Å². The van der Waals surface area contributed by atoms with E-state index >= 15 is 0 Å². The maximum absolute atomic E-state index is 10.4. The monoisotopic (exact) mass is 300 g/mol. The van der Waals surface area contributed by atoms with E-state index < -0.39 is 7.12 Å². The van der Waals surface area contributed by atoms with Gasteiger partial charge in [0, 0.05) is 0 Å². The third-order valence-corrected chi connectivity index (χ3v) is 7.00. The molecule has 3 unspecified atom stereocenters. The van der Waals surface area contributed by atoms with E-state index in [4.69, 9.17) is 0 Å². The minimum atomic E-state index is -1.37. The Bertz CT molecular complexity index is 588. The van der Waals surface area contributed by atoms with Crippen LogP contribution < -0.4 is 5.46 Å². The van der Waals surface area contributed by atoms with Crippen molar-refractivity contribution in [2.75, 3.05) is 0 Å². The van der Waals surface area contributed by atoms with Crippen molar-refractivity contribution in [3.63, 3.8) is 0 Å². The lowest BCUT2D eigenvalue weighted by Gasteiger charge is -2.50. The molecule has 5 atom stereocenters. The zero-order chi connectivity index (χ0) is 15.5. The molecule has 1 aromatic rings. The lowest BCUT2D eigenvalue weighted by Crippen LogP contribution is -2.44. The minimum Gasteiger partial charge on any atom is -0.423 e. The van der Waals surface area contributed by atoms with Crippen LogP contribution in [-0.2, 0) is 6.42 Å². The van der Waals surface area contributed by atoms with Crippen molar-refractivity contribution in [3.8, 4) is 0 Å². The molecule has 4 heteroatoms. The Kier molecular flexibility index (Phi) is 3.41. The van der Waals surface area contributed by atoms with E-state index in [9.17, 15) is 15.2 Å². The van der Waals surface area contributed by atoms with Crippen LogP contribution in [0.5, 0.6) is 0 Å². The predicted molar refractivity (Wildman–Crippen MR) is 86.9 cm³/mol. The number of aliphatic hydroxyl groups excluding tert-OH is 1. The average molecular weight is 300 g/mol. The Labute approximate surface area is 132 Å². The summed E-state index contributed by atoms with van der Waals surface area (Å²) in [4.78, 5) is 0. The molecule has 118 valence electrons. The molecule has 0 aromatic heterocycles. The van der Waals surface area contributed by atoms with Crippen molar-refractivity contribution in [2.24, 2.45) is 17.3 Å². The summed E-state index contributed by atoms with van der Waals surface area (Å²) >= 11 is 0. The molecule has 3 aliphatic carbocycles. The molecule has 2 saturated carbocycles. The maximum Gasteiger partial charge on any atom is 0.488 e. The maximum atomic E-state index is 10.4. The van der Waals surface area contributed by atoms with Gasteiger partial charge < -0.3 is 15.2 Å². The molecule has 0 radical (unpaired) electrons. The molecule has 0 amide bonds. The van der Waals surface area contributed by atoms with E-state index in [0.717, 1.165) is 25.7 Å². The van der Waals surface area contributed by atoms with Crippen molar-refractivity contribution >= 4 is 12.6 Å². The third-order valence-electron chi connectivity index (χ3n) is 7.00. The molecule has 0 spiro atoms. The zero-order valence-electron chi connectivity index (χ0n) is 13.2. The Morgan fingerprint density at radius 2 is 1.95 bits per heavy atom. The second-order valence-electron chi connectivity index (χ2n) is 7.89. The van der Waals surface area contributed by atoms with Crippen molar-refractivity contribution in [3.05, 3.63) is 29.3 Å². The Morgan fingerprint density at radius 1 is 1.14 bits per heavy atom. The van der Waals surface area contributed by atoms with Gasteiger partial charge in [-0.3, -0.25) is 0 Å². The molecule has 0 aliphatic heterocycles. The van der Waals surface area contributed by atoms with Crippen LogP contribution in [0.2, 0.25) is 0 Å². The smallest absolute Gasteiger partial charge is 0.423 e. The average Bonchev–Trinajstić information content (AvgIpc) is 2.82. The fourth-order valence-electron chi connectivity index (χ4n) is 5.74. The molecular weight excluding hydrogens is 275 g/mol. The summed E-state index contributed by atoms with van der Waals surface area (Å²) in [5.41, 5.74) is 3.45. The van der Waals surface area contributed by atoms with Crippen molar-refractivity contribution in [2.45, 2.75) is 57.5 Å². The first-order valence-corrected chi connectivity index (χ1v) is 8.67. The van der Waals surface area contributed by atoms with Crippen LogP contribution >= 0.6 is 0 Å². The standard InChI is InChI=1S/C18H25BO3/c1-18-9-8-14-13-5-3-12(19(21)22)10-11(13)2-4-15(14)16(18)6-7-17(18)20/h3,5,10,14-17,20-22H,2,4,6-9H2,1H3/t14-,15?,16+,17?,18?/m1/s1. The summed E-state index contributed by atoms with van der Waals surface area (Å²) in [6, 6.07) is 5.96. The van der Waals surface area contributed by atoms with Gasteiger partial charge in [0.2, 0.25) is 0 Å². The highest BCUT2D eigenvalue weighted by Crippen LogP contribution is 2.60. The lowest BCUT2D eigenvalue weighted by molar-refractivity contribution is -0.0226. The van der Waals surface area contributed by atoms with E-state index in [-0.39, 0.29) is 11.5 Å². The normalized spacial score (nSPS) is 39.8. The van der Waals surface area contributed by atoms with Gasteiger partial charge in [0.25, 0.3) is 0 Å². The van der Waals surface area contributed by atoms with E-state index in [1.165, 1.54) is 24.0 Å². The molecular formula is C18H25BO3. The number of aryl methyl sites for hydroxylation is 1. The summed E-state index contributed by atoms with van der Waals surface area (Å²) < 4.78 is 0. The highest BCUT2D eigenvalue weighted by Gasteiger charge is 2.54. The summed E-state index contributed by atoms with van der Waals surface area (Å²) in [6.07, 6.45) is 6.49. The van der Waals surface area contributed by atoms with Gasteiger partial charge in [0.1, 0.15) is 0 Å². The molecule has 4 rings (SSSR count). The first-order chi connectivity index (χ1) is 10.5. The molecule has 1 aromatic carbocycles. The van der Waals surface area contributed by atoms with Gasteiger partial charge >= 0.3 is 7.12 Å². The number of benzene rings is 1. The number of hydrogen-bond donors (Lipinski definition) is 3. The van der Waals surface area contributed by atoms with Crippen molar-refractivity contribution in [1.29, 1.82) is 0 Å². The summed E-state index contributed by atoms with van der Waals surface area (Å²) in [5.74, 6) is 1.93. The SMILES string of the molecule is CC12CC[C@@H]3c4ccc(B(O)O)cc4CCC3[C@@H]1CCC2O. The summed E-state index contributed by atoms with van der Waals surface area (Å²) in [7, 11) is -1.37. The van der Waals surface area contributed by atoms with Gasteiger partial charge in [-0.25, -0.2) is 0 Å². The highest BCUT2D eigenvalue weighted by atomic mass is 16.4. The fourth-order valence-corrected chi connectivity index (χ4v) is 5.74. The Hall–Kier alpha value is -0.835. The summed E-state index contributed by atoms with van der Waals surface area (Å²) in [6.45, 7) is 2.30. The van der Waals surface area contributed by atoms with Gasteiger partial charge in [-0.1, -0.05) is 25.1 Å². The Morgan fingerprint density at radius 3 is 2.73 bits per heavy atom. The molecule has 22 heavy (non-hydrogen) atoms. The molecule has 0 saturated heterocycles. The minimum absolute atomic E-state index is 0.119. The predicted octanol–water partition coefficient (Wildman–Crippen LogP) is 1.58. The molecule has 3 N–H and O–H groups in total. The number of fused-ring (bicyclic) bond motifs is 5. The number of rotatable bonds is 1. The largest absolute Gasteiger partial charge is 0.488 e. The lowest BCUT2D eigenvalue weighted by atomic mass is 9.55. The fraction of sp³-hybridized carbons (Fsp3) is 0.667. The summed E-state index contributed by atoms with van der Waals surface area (Å²) in [5, 5.41) is 29.2. The van der Waals surface area contributed by atoms with Crippen LogP contribution in [0.1, 0.15) is 56.1 Å². The van der Waals surface area contributed by atoms with Crippen LogP contribution in [0.15, 0.2) is 18.2 Å². The molecule has 2 fully saturated rings. The van der Waals surface area contributed by atoms with E-state index in [1.54, 1.807) is 0 Å². The van der Waals surface area contributed by atoms with Gasteiger partial charge in [0.15, 0.2) is 0 Å². The molecule has 0 bridgehead atoms. The van der Waals surface area contributed by atoms with Gasteiger partial charge in [-0.2, -0.15) is 0 Å². The zero-order valence-corrected chi connectivity index (χ0v) is 13.2. The van der Waals surface area contributed by atoms with Crippen LogP contribution in [0.4, 0.5) is 0 Å². The van der Waals surface area contributed by atoms with Crippen molar-refractivity contribution < 1.29 is 15.2 Å². The van der Waals surface area contributed by atoms with Gasteiger partial charge in [-0.05, 0) is 78.3 Å². The van der Waals surface area contributed by atoms with E-state index in [0.29, 0.717) is 23.2 Å². The molecule has 0 heterocycles. The third kappa shape index (κ3) is 2.00. The first-order valence-electron chi connectivity index (χ1n) is 8.67. The van der Waals surface area contributed by atoms with Gasteiger partial charge in [0.05, 0.1) is 6.10 Å². The number of hydrogen-bond acceptors (Lipinski definition) is 3. The van der Waals surface area contributed by atoms with Crippen LogP contribution in [0, 0.1) is 17.3 Å². The topological polar surface area (TPSA) is 60.7 Å². The van der Waals surface area contributed by atoms with Crippen LogP contribution in [0.3, 0.4) is 0 Å². The second-order valence-corrected chi connectivity index (χ2v) is 7.89. The van der Waals surface area contributed by atoms with Gasteiger partial charge in [-0.15, -0.1) is 0 Å². The first kappa shape index (κ1) is 14.7. The second kappa shape index (κ2) is 5.08. The van der Waals surface area contributed by atoms with E-state index in [1.807, 2.05) is 12.1 Å². The number of aliphatic hydroxyl groups is 1. The molecule has 3 aliphatic rings. The van der Waals surface area contributed by atoms with E-state index in [2.05, 4.69) is 13.0 Å². The highest BCUT2D eigenvalue weighted by molar-refractivity contribution is 6.58. The quantitative estimate of drug-likeness (QED) is 0.690. The Balaban J connectivity index is 1.67.